The first kappa shape index (κ1) is 18.8. The zero-order valence-electron chi connectivity index (χ0n) is 15.7. The van der Waals surface area contributed by atoms with Crippen molar-refractivity contribution < 1.29 is 4.79 Å². The zero-order chi connectivity index (χ0) is 18.9. The number of carbonyl (C=O) groups excluding carboxylic acids is 1. The molecule has 2 aromatic carbocycles. The van der Waals surface area contributed by atoms with E-state index in [2.05, 4.69) is 50.1 Å². The topological polar surface area (TPSA) is 68.8 Å². The number of amides is 1. The fourth-order valence-corrected chi connectivity index (χ4v) is 3.19. The van der Waals surface area contributed by atoms with Crippen molar-refractivity contribution in [3.8, 4) is 0 Å². The molecule has 1 fully saturated rings. The van der Waals surface area contributed by atoms with E-state index in [0.717, 1.165) is 25.5 Å². The van der Waals surface area contributed by atoms with E-state index < -0.39 is 0 Å². The van der Waals surface area contributed by atoms with Crippen LogP contribution >= 0.6 is 0 Å². The lowest BCUT2D eigenvalue weighted by Gasteiger charge is -2.20. The van der Waals surface area contributed by atoms with E-state index in [1.165, 1.54) is 5.69 Å². The van der Waals surface area contributed by atoms with Crippen molar-refractivity contribution in [1.29, 1.82) is 0 Å². The van der Waals surface area contributed by atoms with Crippen molar-refractivity contribution in [2.75, 3.05) is 38.1 Å². The quantitative estimate of drug-likeness (QED) is 0.415. The summed E-state index contributed by atoms with van der Waals surface area (Å²) in [6.45, 7) is 3.14. The van der Waals surface area contributed by atoms with E-state index in [1.54, 1.807) is 7.05 Å². The molecule has 2 aromatic rings. The summed E-state index contributed by atoms with van der Waals surface area (Å²) >= 11 is 0. The van der Waals surface area contributed by atoms with Crippen molar-refractivity contribution in [3.05, 3.63) is 66.2 Å². The van der Waals surface area contributed by atoms with Crippen LogP contribution in [0.25, 0.3) is 0 Å². The zero-order valence-corrected chi connectivity index (χ0v) is 15.7. The first-order valence-electron chi connectivity index (χ1n) is 9.36. The highest BCUT2D eigenvalue weighted by molar-refractivity contribution is 5.94. The van der Waals surface area contributed by atoms with Crippen molar-refractivity contribution in [2.45, 2.75) is 12.5 Å². The van der Waals surface area contributed by atoms with Crippen LogP contribution in [0, 0.1) is 0 Å². The van der Waals surface area contributed by atoms with E-state index in [1.807, 2.05) is 36.4 Å². The summed E-state index contributed by atoms with van der Waals surface area (Å²) in [7, 11) is 1.77. The molecule has 27 heavy (non-hydrogen) atoms. The van der Waals surface area contributed by atoms with Crippen molar-refractivity contribution >= 4 is 17.6 Å². The van der Waals surface area contributed by atoms with Crippen LogP contribution < -0.4 is 20.9 Å². The maximum absolute atomic E-state index is 12.0. The van der Waals surface area contributed by atoms with Gasteiger partial charge in [0.05, 0.1) is 0 Å². The highest BCUT2D eigenvalue weighted by atomic mass is 16.1. The fourth-order valence-electron chi connectivity index (χ4n) is 3.19. The second kappa shape index (κ2) is 9.62. The third-order valence-corrected chi connectivity index (χ3v) is 4.61. The van der Waals surface area contributed by atoms with E-state index in [0.29, 0.717) is 24.7 Å². The Labute approximate surface area is 160 Å². The van der Waals surface area contributed by atoms with Gasteiger partial charge in [-0.3, -0.25) is 9.79 Å². The van der Waals surface area contributed by atoms with Crippen molar-refractivity contribution in [1.82, 2.24) is 16.0 Å². The Morgan fingerprint density at radius 1 is 1.04 bits per heavy atom. The van der Waals surface area contributed by atoms with Crippen LogP contribution in [0.5, 0.6) is 0 Å². The van der Waals surface area contributed by atoms with Gasteiger partial charge in [-0.1, -0.05) is 36.4 Å². The van der Waals surface area contributed by atoms with Gasteiger partial charge in [0.2, 0.25) is 0 Å². The van der Waals surface area contributed by atoms with Crippen LogP contribution in [0.4, 0.5) is 5.69 Å². The van der Waals surface area contributed by atoms with Gasteiger partial charge >= 0.3 is 0 Å². The third-order valence-electron chi connectivity index (χ3n) is 4.61. The SMILES string of the molecule is CN=C(NCCNC(=O)c1ccccc1)NC1CCN(c2ccccc2)C1. The van der Waals surface area contributed by atoms with Crippen LogP contribution in [0.1, 0.15) is 16.8 Å². The molecule has 0 spiro atoms. The van der Waals surface area contributed by atoms with Gasteiger partial charge in [0.25, 0.3) is 5.91 Å². The Morgan fingerprint density at radius 3 is 2.41 bits per heavy atom. The van der Waals surface area contributed by atoms with E-state index in [4.69, 9.17) is 0 Å². The Hall–Kier alpha value is -3.02. The van der Waals surface area contributed by atoms with Crippen molar-refractivity contribution in [3.63, 3.8) is 0 Å². The van der Waals surface area contributed by atoms with Crippen LogP contribution in [-0.2, 0) is 0 Å². The number of nitrogens with zero attached hydrogens (tertiary/aromatic N) is 2. The molecule has 1 aliphatic heterocycles. The maximum Gasteiger partial charge on any atom is 0.251 e. The second-order valence-corrected chi connectivity index (χ2v) is 6.53. The summed E-state index contributed by atoms with van der Waals surface area (Å²) in [6.07, 6.45) is 1.07. The van der Waals surface area contributed by atoms with Crippen LogP contribution in [0.15, 0.2) is 65.7 Å². The Kier molecular flexibility index (Phi) is 6.68. The molecule has 1 saturated heterocycles. The molecule has 0 aromatic heterocycles. The number of para-hydroxylation sites is 1. The Morgan fingerprint density at radius 2 is 1.70 bits per heavy atom. The summed E-state index contributed by atoms with van der Waals surface area (Å²) < 4.78 is 0. The average Bonchev–Trinajstić information content (AvgIpc) is 3.20. The molecule has 0 saturated carbocycles. The molecule has 6 nitrogen and oxygen atoms in total. The van der Waals surface area contributed by atoms with Gasteiger partial charge < -0.3 is 20.9 Å². The Balaban J connectivity index is 1.38. The van der Waals surface area contributed by atoms with Gasteiger partial charge in [-0.2, -0.15) is 0 Å². The molecule has 3 N–H and O–H groups in total. The highest BCUT2D eigenvalue weighted by Gasteiger charge is 2.23. The summed E-state index contributed by atoms with van der Waals surface area (Å²) in [4.78, 5) is 18.7. The number of carbonyl (C=O) groups is 1. The second-order valence-electron chi connectivity index (χ2n) is 6.53. The molecule has 3 rings (SSSR count). The van der Waals surface area contributed by atoms with Gasteiger partial charge in [-0.15, -0.1) is 0 Å². The predicted molar refractivity (Wildman–Crippen MR) is 110 cm³/mol. The smallest absolute Gasteiger partial charge is 0.251 e. The van der Waals surface area contributed by atoms with Gasteiger partial charge in [0.15, 0.2) is 5.96 Å². The van der Waals surface area contributed by atoms with E-state index >= 15 is 0 Å². The number of benzene rings is 2. The molecular formula is C21H27N5O. The average molecular weight is 365 g/mol. The van der Waals surface area contributed by atoms with Crippen LogP contribution in [0.2, 0.25) is 0 Å². The highest BCUT2D eigenvalue weighted by Crippen LogP contribution is 2.19. The number of aliphatic imine (C=N–C) groups is 1. The lowest BCUT2D eigenvalue weighted by atomic mass is 10.2. The summed E-state index contributed by atoms with van der Waals surface area (Å²) in [5, 5.41) is 9.64. The number of hydrogen-bond donors (Lipinski definition) is 3. The number of hydrogen-bond acceptors (Lipinski definition) is 3. The summed E-state index contributed by atoms with van der Waals surface area (Å²) in [6, 6.07) is 20.1. The van der Waals surface area contributed by atoms with Crippen molar-refractivity contribution in [2.24, 2.45) is 4.99 Å². The summed E-state index contributed by atoms with van der Waals surface area (Å²) in [5.74, 6) is 0.707. The predicted octanol–water partition coefficient (Wildman–Crippen LogP) is 1.86. The number of guanidine groups is 1. The molecule has 6 heteroatoms. The first-order valence-corrected chi connectivity index (χ1v) is 9.36. The third kappa shape index (κ3) is 5.48. The molecule has 1 aliphatic rings. The first-order chi connectivity index (χ1) is 13.3. The minimum atomic E-state index is -0.0605. The van der Waals surface area contributed by atoms with E-state index in [9.17, 15) is 4.79 Å². The van der Waals surface area contributed by atoms with Gasteiger partial charge in [-0.25, -0.2) is 0 Å². The molecular weight excluding hydrogens is 338 g/mol. The van der Waals surface area contributed by atoms with Gasteiger partial charge in [0.1, 0.15) is 0 Å². The normalized spacial score (nSPS) is 16.9. The summed E-state index contributed by atoms with van der Waals surface area (Å²) in [5.41, 5.74) is 1.93. The molecule has 1 atom stereocenters. The number of nitrogens with one attached hydrogen (secondary N) is 3. The monoisotopic (exact) mass is 365 g/mol. The standard InChI is InChI=1S/C21H27N5O/c1-22-21(24-14-13-23-20(27)17-8-4-2-5-9-17)25-18-12-15-26(16-18)19-10-6-3-7-11-19/h2-11,18H,12-16H2,1H3,(H,23,27)(H2,22,24,25). The van der Waals surface area contributed by atoms with Gasteiger partial charge in [-0.05, 0) is 30.7 Å². The molecule has 0 bridgehead atoms. The van der Waals surface area contributed by atoms with Crippen LogP contribution in [0.3, 0.4) is 0 Å². The minimum Gasteiger partial charge on any atom is -0.369 e. The lowest BCUT2D eigenvalue weighted by Crippen LogP contribution is -2.46. The lowest BCUT2D eigenvalue weighted by molar-refractivity contribution is 0.0954. The largest absolute Gasteiger partial charge is 0.369 e. The maximum atomic E-state index is 12.0. The van der Waals surface area contributed by atoms with Gasteiger partial charge in [0, 0.05) is 50.5 Å². The minimum absolute atomic E-state index is 0.0605. The fraction of sp³-hybridized carbons (Fsp3) is 0.333. The Bertz CT molecular complexity index is 748. The number of anilines is 1. The molecule has 0 aliphatic carbocycles. The molecule has 0 radical (unpaired) electrons. The van der Waals surface area contributed by atoms with Crippen LogP contribution in [-0.4, -0.2) is 51.1 Å². The molecule has 1 unspecified atom stereocenters. The molecule has 1 heterocycles. The molecule has 1 amide bonds. The number of rotatable bonds is 6. The molecule has 142 valence electrons. The van der Waals surface area contributed by atoms with E-state index in [-0.39, 0.29) is 5.91 Å².